The lowest BCUT2D eigenvalue weighted by Crippen LogP contribution is -2.29. The minimum atomic E-state index is -0.0701. The third-order valence-electron chi connectivity index (χ3n) is 2.10. The Balaban J connectivity index is 2.75. The number of anilines is 2. The highest BCUT2D eigenvalue weighted by atomic mass is 16.5. The van der Waals surface area contributed by atoms with Gasteiger partial charge in [-0.05, 0) is 13.8 Å². The normalized spacial score (nSPS) is 10.3. The van der Waals surface area contributed by atoms with Crippen molar-refractivity contribution in [3.05, 3.63) is 6.33 Å². The third kappa shape index (κ3) is 3.76. The molecule has 0 bridgehead atoms. The minimum absolute atomic E-state index is 0.0292. The molecule has 0 aliphatic rings. The number of nitrogens with zero attached hydrogens (tertiary/aromatic N) is 3. The lowest BCUT2D eigenvalue weighted by atomic mass is 10.4. The van der Waals surface area contributed by atoms with E-state index in [9.17, 15) is 4.79 Å². The highest BCUT2D eigenvalue weighted by molar-refractivity contribution is 5.81. The van der Waals surface area contributed by atoms with Crippen molar-refractivity contribution in [1.82, 2.24) is 14.9 Å². The molecule has 1 heterocycles. The summed E-state index contributed by atoms with van der Waals surface area (Å²) in [6.07, 6.45) is 1.31. The monoisotopic (exact) mass is 253 g/mol. The standard InChI is InChI=1S/C11H19N5O2/c1-7(2)18-11-9(12)10(14-6-15-11)13-5-8(17)16(3)4/h6-7H,5,12H2,1-4H3,(H,13,14,15). The number of rotatable bonds is 5. The van der Waals surface area contributed by atoms with Crippen molar-refractivity contribution in [1.29, 1.82) is 0 Å². The van der Waals surface area contributed by atoms with Crippen molar-refractivity contribution in [2.24, 2.45) is 0 Å². The van der Waals surface area contributed by atoms with Crippen molar-refractivity contribution in [3.63, 3.8) is 0 Å². The van der Waals surface area contributed by atoms with Gasteiger partial charge in [0, 0.05) is 14.1 Å². The molecule has 1 amide bonds. The van der Waals surface area contributed by atoms with E-state index in [-0.39, 0.29) is 18.6 Å². The first-order valence-corrected chi connectivity index (χ1v) is 5.63. The van der Waals surface area contributed by atoms with Gasteiger partial charge in [-0.15, -0.1) is 0 Å². The third-order valence-corrected chi connectivity index (χ3v) is 2.10. The molecule has 1 aromatic heterocycles. The largest absolute Gasteiger partial charge is 0.473 e. The van der Waals surface area contributed by atoms with Crippen LogP contribution in [0.1, 0.15) is 13.8 Å². The molecular formula is C11H19N5O2. The second-order valence-electron chi connectivity index (χ2n) is 4.25. The number of hydrogen-bond donors (Lipinski definition) is 2. The summed E-state index contributed by atoms with van der Waals surface area (Å²) in [5.41, 5.74) is 6.16. The van der Waals surface area contributed by atoms with Crippen LogP contribution in [0, 0.1) is 0 Å². The molecule has 0 atom stereocenters. The van der Waals surface area contributed by atoms with E-state index in [0.717, 1.165) is 0 Å². The molecule has 1 rings (SSSR count). The first-order valence-electron chi connectivity index (χ1n) is 5.63. The van der Waals surface area contributed by atoms with Gasteiger partial charge in [-0.1, -0.05) is 0 Å². The van der Waals surface area contributed by atoms with Crippen LogP contribution in [0.3, 0.4) is 0 Å². The first kappa shape index (κ1) is 14.0. The second kappa shape index (κ2) is 6.04. The van der Waals surface area contributed by atoms with E-state index in [0.29, 0.717) is 17.4 Å². The quantitative estimate of drug-likeness (QED) is 0.786. The summed E-state index contributed by atoms with van der Waals surface area (Å²) in [5.74, 6) is 0.648. The van der Waals surface area contributed by atoms with E-state index in [2.05, 4.69) is 15.3 Å². The van der Waals surface area contributed by atoms with Crippen LogP contribution in [-0.4, -0.2) is 47.5 Å². The van der Waals surface area contributed by atoms with Gasteiger partial charge in [0.15, 0.2) is 5.82 Å². The number of nitrogens with two attached hydrogens (primary N) is 1. The molecule has 1 aromatic rings. The van der Waals surface area contributed by atoms with Crippen LogP contribution in [0.5, 0.6) is 5.88 Å². The van der Waals surface area contributed by atoms with Crippen LogP contribution in [0.2, 0.25) is 0 Å². The highest BCUT2D eigenvalue weighted by Crippen LogP contribution is 2.25. The van der Waals surface area contributed by atoms with Crippen LogP contribution in [-0.2, 0) is 4.79 Å². The molecule has 0 saturated carbocycles. The number of aromatic nitrogens is 2. The van der Waals surface area contributed by atoms with Gasteiger partial charge in [0.25, 0.3) is 0 Å². The van der Waals surface area contributed by atoms with Crippen molar-refractivity contribution in [2.75, 3.05) is 31.7 Å². The van der Waals surface area contributed by atoms with Gasteiger partial charge in [-0.3, -0.25) is 4.79 Å². The Morgan fingerprint density at radius 1 is 1.50 bits per heavy atom. The molecule has 18 heavy (non-hydrogen) atoms. The molecule has 0 aliphatic heterocycles. The Morgan fingerprint density at radius 2 is 2.17 bits per heavy atom. The molecule has 0 fully saturated rings. The molecule has 7 heteroatoms. The summed E-state index contributed by atoms with van der Waals surface area (Å²) in [6, 6.07) is 0. The molecule has 100 valence electrons. The number of likely N-dealkylation sites (N-methyl/N-ethyl adjacent to an activating group) is 1. The zero-order chi connectivity index (χ0) is 13.7. The lowest BCUT2D eigenvalue weighted by Gasteiger charge is -2.14. The fourth-order valence-corrected chi connectivity index (χ4v) is 1.15. The van der Waals surface area contributed by atoms with Crippen LogP contribution in [0.15, 0.2) is 6.33 Å². The van der Waals surface area contributed by atoms with Crippen molar-refractivity contribution >= 4 is 17.4 Å². The van der Waals surface area contributed by atoms with Crippen LogP contribution < -0.4 is 15.8 Å². The summed E-state index contributed by atoms with van der Waals surface area (Å²) >= 11 is 0. The molecule has 0 unspecified atom stereocenters. The Bertz CT molecular complexity index is 420. The van der Waals surface area contributed by atoms with Gasteiger partial charge in [0.1, 0.15) is 12.0 Å². The predicted octanol–water partition coefficient (Wildman–Crippen LogP) is 0.346. The van der Waals surface area contributed by atoms with Crippen LogP contribution in [0.4, 0.5) is 11.5 Å². The summed E-state index contributed by atoms with van der Waals surface area (Å²) in [5, 5.41) is 2.86. The zero-order valence-corrected chi connectivity index (χ0v) is 11.1. The van der Waals surface area contributed by atoms with E-state index < -0.39 is 0 Å². The zero-order valence-electron chi connectivity index (χ0n) is 11.1. The second-order valence-corrected chi connectivity index (χ2v) is 4.25. The number of carbonyl (C=O) groups excluding carboxylic acids is 1. The molecule has 0 radical (unpaired) electrons. The van der Waals surface area contributed by atoms with Gasteiger partial charge in [-0.25, -0.2) is 4.98 Å². The molecular weight excluding hydrogens is 234 g/mol. The summed E-state index contributed by atoms with van der Waals surface area (Å²) in [7, 11) is 3.36. The summed E-state index contributed by atoms with van der Waals surface area (Å²) in [6.45, 7) is 3.88. The molecule has 0 aromatic carbocycles. The van der Waals surface area contributed by atoms with E-state index in [4.69, 9.17) is 10.5 Å². The maximum atomic E-state index is 11.4. The number of nitrogen functional groups attached to an aromatic ring is 1. The fourth-order valence-electron chi connectivity index (χ4n) is 1.15. The van der Waals surface area contributed by atoms with Crippen LogP contribution in [0.25, 0.3) is 0 Å². The number of carbonyl (C=O) groups is 1. The fraction of sp³-hybridized carbons (Fsp3) is 0.545. The van der Waals surface area contributed by atoms with Crippen molar-refractivity contribution in [3.8, 4) is 5.88 Å². The van der Waals surface area contributed by atoms with Gasteiger partial charge in [0.05, 0.1) is 12.6 Å². The minimum Gasteiger partial charge on any atom is -0.473 e. The summed E-state index contributed by atoms with van der Waals surface area (Å²) in [4.78, 5) is 20.8. The number of nitrogens with one attached hydrogen (secondary N) is 1. The van der Waals surface area contributed by atoms with Gasteiger partial charge < -0.3 is 20.7 Å². The average Bonchev–Trinajstić information content (AvgIpc) is 2.29. The molecule has 0 saturated heterocycles. The van der Waals surface area contributed by atoms with E-state index in [1.54, 1.807) is 14.1 Å². The highest BCUT2D eigenvalue weighted by Gasteiger charge is 2.12. The summed E-state index contributed by atoms with van der Waals surface area (Å²) < 4.78 is 5.43. The topological polar surface area (TPSA) is 93.4 Å². The smallest absolute Gasteiger partial charge is 0.242 e. The molecule has 0 spiro atoms. The predicted molar refractivity (Wildman–Crippen MR) is 69.4 cm³/mol. The maximum absolute atomic E-state index is 11.4. The lowest BCUT2D eigenvalue weighted by molar-refractivity contribution is -0.126. The first-order chi connectivity index (χ1) is 8.41. The Labute approximate surface area is 106 Å². The maximum Gasteiger partial charge on any atom is 0.242 e. The Hall–Kier alpha value is -2.05. The SMILES string of the molecule is CC(C)Oc1ncnc(NCC(=O)N(C)C)c1N. The van der Waals surface area contributed by atoms with Crippen molar-refractivity contribution in [2.45, 2.75) is 20.0 Å². The van der Waals surface area contributed by atoms with E-state index >= 15 is 0 Å². The van der Waals surface area contributed by atoms with Crippen LogP contribution >= 0.6 is 0 Å². The Morgan fingerprint density at radius 3 is 2.72 bits per heavy atom. The molecule has 3 N–H and O–H groups in total. The van der Waals surface area contributed by atoms with E-state index in [1.165, 1.54) is 11.2 Å². The van der Waals surface area contributed by atoms with Gasteiger partial charge in [-0.2, -0.15) is 4.98 Å². The van der Waals surface area contributed by atoms with Crippen molar-refractivity contribution < 1.29 is 9.53 Å². The van der Waals surface area contributed by atoms with E-state index in [1.807, 2.05) is 13.8 Å². The number of hydrogen-bond acceptors (Lipinski definition) is 6. The molecule has 0 aliphatic carbocycles. The number of amides is 1. The average molecular weight is 253 g/mol. The van der Waals surface area contributed by atoms with Gasteiger partial charge >= 0.3 is 0 Å². The Kier molecular flexibility index (Phi) is 4.70. The number of ether oxygens (including phenoxy) is 1. The molecule has 7 nitrogen and oxygen atoms in total. The van der Waals surface area contributed by atoms with Gasteiger partial charge in [0.2, 0.25) is 11.8 Å².